The Labute approximate surface area is 118 Å². The van der Waals surface area contributed by atoms with E-state index in [2.05, 4.69) is 9.97 Å². The molecule has 7 heteroatoms. The number of aryl methyl sites for hydroxylation is 1. The summed E-state index contributed by atoms with van der Waals surface area (Å²) in [6, 6.07) is 4.56. The molecule has 0 saturated heterocycles. The summed E-state index contributed by atoms with van der Waals surface area (Å²) in [5.74, 6) is 0.557. The monoisotopic (exact) mass is 302 g/mol. The van der Waals surface area contributed by atoms with Crippen LogP contribution >= 0.6 is 11.6 Å². The maximum Gasteiger partial charge on any atom is 0.416 e. The van der Waals surface area contributed by atoms with Gasteiger partial charge in [-0.1, -0.05) is 17.7 Å². The molecular weight excluding hydrogens is 293 g/mol. The van der Waals surface area contributed by atoms with Crippen molar-refractivity contribution in [1.29, 1.82) is 0 Å². The van der Waals surface area contributed by atoms with E-state index < -0.39 is 11.7 Å². The van der Waals surface area contributed by atoms with Crippen LogP contribution in [0, 0.1) is 13.8 Å². The van der Waals surface area contributed by atoms with E-state index in [0.717, 1.165) is 12.1 Å². The van der Waals surface area contributed by atoms with Crippen molar-refractivity contribution in [2.24, 2.45) is 0 Å². The predicted molar refractivity (Wildman–Crippen MR) is 68.0 cm³/mol. The second-order valence-corrected chi connectivity index (χ2v) is 4.48. The van der Waals surface area contributed by atoms with Crippen LogP contribution in [0.4, 0.5) is 13.2 Å². The molecule has 1 aromatic heterocycles. The molecule has 0 aliphatic carbocycles. The molecule has 0 fully saturated rings. The van der Waals surface area contributed by atoms with Gasteiger partial charge in [-0.25, -0.2) is 4.98 Å². The van der Waals surface area contributed by atoms with Crippen LogP contribution in [-0.2, 0) is 6.18 Å². The molecule has 0 saturated carbocycles. The minimum atomic E-state index is -4.42. The number of nitrogens with zero attached hydrogens (tertiary/aromatic N) is 2. The topological polar surface area (TPSA) is 35.0 Å². The van der Waals surface area contributed by atoms with E-state index in [1.807, 2.05) is 0 Å². The van der Waals surface area contributed by atoms with E-state index in [9.17, 15) is 13.2 Å². The third-order valence-corrected chi connectivity index (χ3v) is 2.90. The Balaban J connectivity index is 2.36. The zero-order valence-electron chi connectivity index (χ0n) is 10.6. The van der Waals surface area contributed by atoms with Gasteiger partial charge in [0.1, 0.15) is 16.7 Å². The van der Waals surface area contributed by atoms with Gasteiger partial charge in [-0.2, -0.15) is 18.2 Å². The molecule has 0 amide bonds. The summed E-state index contributed by atoms with van der Waals surface area (Å²) in [5.41, 5.74) is -0.320. The maximum atomic E-state index is 12.6. The molecule has 0 aliphatic rings. The fourth-order valence-electron chi connectivity index (χ4n) is 1.52. The lowest BCUT2D eigenvalue weighted by atomic mass is 10.2. The lowest BCUT2D eigenvalue weighted by Gasteiger charge is -2.11. The number of rotatable bonds is 2. The van der Waals surface area contributed by atoms with E-state index in [-0.39, 0.29) is 16.8 Å². The Hall–Kier alpha value is -1.82. The molecule has 0 unspecified atom stereocenters. The molecule has 0 atom stereocenters. The minimum Gasteiger partial charge on any atom is -0.439 e. The van der Waals surface area contributed by atoms with Crippen molar-refractivity contribution >= 4 is 11.6 Å². The fourth-order valence-corrected chi connectivity index (χ4v) is 1.72. The fraction of sp³-hybridized carbons (Fsp3) is 0.231. The molecule has 20 heavy (non-hydrogen) atoms. The minimum absolute atomic E-state index is 0.0390. The quantitative estimate of drug-likeness (QED) is 0.763. The highest BCUT2D eigenvalue weighted by Gasteiger charge is 2.30. The summed E-state index contributed by atoms with van der Waals surface area (Å²) < 4.78 is 43.2. The van der Waals surface area contributed by atoms with Crippen LogP contribution < -0.4 is 4.74 Å². The normalized spacial score (nSPS) is 11.5. The Morgan fingerprint density at radius 1 is 1.15 bits per heavy atom. The average Bonchev–Trinajstić information content (AvgIpc) is 2.35. The largest absolute Gasteiger partial charge is 0.439 e. The Kier molecular flexibility index (Phi) is 3.85. The first-order valence-electron chi connectivity index (χ1n) is 5.63. The van der Waals surface area contributed by atoms with Crippen molar-refractivity contribution in [2.45, 2.75) is 20.0 Å². The first kappa shape index (κ1) is 14.6. The van der Waals surface area contributed by atoms with E-state index >= 15 is 0 Å². The van der Waals surface area contributed by atoms with Crippen LogP contribution in [0.3, 0.4) is 0 Å². The predicted octanol–water partition coefficient (Wildman–Crippen LogP) is 4.56. The van der Waals surface area contributed by atoms with Gasteiger partial charge in [0.05, 0.1) is 5.56 Å². The van der Waals surface area contributed by atoms with E-state index in [4.69, 9.17) is 16.3 Å². The van der Waals surface area contributed by atoms with Gasteiger partial charge in [-0.3, -0.25) is 0 Å². The Morgan fingerprint density at radius 2 is 1.85 bits per heavy atom. The Morgan fingerprint density at radius 3 is 2.50 bits per heavy atom. The van der Waals surface area contributed by atoms with Crippen molar-refractivity contribution < 1.29 is 17.9 Å². The molecule has 2 rings (SSSR count). The number of ether oxygens (including phenoxy) is 1. The number of benzene rings is 1. The van der Waals surface area contributed by atoms with Gasteiger partial charge in [-0.15, -0.1) is 0 Å². The molecule has 1 aromatic carbocycles. The van der Waals surface area contributed by atoms with Crippen molar-refractivity contribution in [3.63, 3.8) is 0 Å². The third-order valence-electron chi connectivity index (χ3n) is 2.53. The van der Waals surface area contributed by atoms with Gasteiger partial charge in [-0.05, 0) is 32.0 Å². The summed E-state index contributed by atoms with van der Waals surface area (Å²) in [6.07, 6.45) is -4.42. The van der Waals surface area contributed by atoms with Gasteiger partial charge < -0.3 is 4.74 Å². The summed E-state index contributed by atoms with van der Waals surface area (Å²) >= 11 is 5.88. The summed E-state index contributed by atoms with van der Waals surface area (Å²) in [5, 5.41) is 0.208. The van der Waals surface area contributed by atoms with E-state index in [1.165, 1.54) is 12.1 Å². The van der Waals surface area contributed by atoms with Crippen molar-refractivity contribution in [3.05, 3.63) is 46.4 Å². The third kappa shape index (κ3) is 3.19. The summed E-state index contributed by atoms with van der Waals surface area (Å²) in [7, 11) is 0. The zero-order valence-corrected chi connectivity index (χ0v) is 11.4. The molecule has 106 valence electrons. The van der Waals surface area contributed by atoms with Gasteiger partial charge in [0.25, 0.3) is 0 Å². The number of hydrogen-bond donors (Lipinski definition) is 0. The highest BCUT2D eigenvalue weighted by molar-refractivity contribution is 6.30. The highest BCUT2D eigenvalue weighted by atomic mass is 35.5. The molecule has 3 nitrogen and oxygen atoms in total. The van der Waals surface area contributed by atoms with E-state index in [1.54, 1.807) is 13.8 Å². The SMILES string of the molecule is Cc1nc(Cl)c(C)c(Oc2cccc(C(F)(F)F)c2)n1. The molecule has 0 bridgehead atoms. The average molecular weight is 303 g/mol. The molecule has 0 aliphatic heterocycles. The maximum absolute atomic E-state index is 12.6. The molecule has 0 N–H and O–H groups in total. The number of aromatic nitrogens is 2. The van der Waals surface area contributed by atoms with Gasteiger partial charge >= 0.3 is 6.18 Å². The first-order chi connectivity index (χ1) is 9.27. The number of hydrogen-bond acceptors (Lipinski definition) is 3. The van der Waals surface area contributed by atoms with Crippen LogP contribution in [0.25, 0.3) is 0 Å². The molecular formula is C13H10ClF3N2O. The van der Waals surface area contributed by atoms with Gasteiger partial charge in [0.15, 0.2) is 0 Å². The number of halogens is 4. The zero-order chi connectivity index (χ0) is 14.9. The highest BCUT2D eigenvalue weighted by Crippen LogP contribution is 2.33. The van der Waals surface area contributed by atoms with Crippen LogP contribution in [0.2, 0.25) is 5.15 Å². The van der Waals surface area contributed by atoms with Crippen molar-refractivity contribution in [1.82, 2.24) is 9.97 Å². The van der Waals surface area contributed by atoms with Crippen LogP contribution in [0.5, 0.6) is 11.6 Å². The second kappa shape index (κ2) is 5.28. The molecule has 2 aromatic rings. The standard InChI is InChI=1S/C13H10ClF3N2O/c1-7-11(14)18-8(2)19-12(7)20-10-5-3-4-9(6-10)13(15,16)17/h3-6H,1-2H3. The molecule has 0 spiro atoms. The molecule has 0 radical (unpaired) electrons. The van der Waals surface area contributed by atoms with Gasteiger partial charge in [0, 0.05) is 5.56 Å². The van der Waals surface area contributed by atoms with Crippen molar-refractivity contribution in [3.8, 4) is 11.6 Å². The number of alkyl halides is 3. The molecule has 1 heterocycles. The van der Waals surface area contributed by atoms with Crippen LogP contribution in [0.15, 0.2) is 24.3 Å². The Bertz CT molecular complexity index is 644. The summed E-state index contributed by atoms with van der Waals surface area (Å²) in [6.45, 7) is 3.25. The summed E-state index contributed by atoms with van der Waals surface area (Å²) in [4.78, 5) is 7.95. The smallest absolute Gasteiger partial charge is 0.416 e. The lowest BCUT2D eigenvalue weighted by molar-refractivity contribution is -0.137. The van der Waals surface area contributed by atoms with Gasteiger partial charge in [0.2, 0.25) is 5.88 Å². The van der Waals surface area contributed by atoms with Crippen LogP contribution in [-0.4, -0.2) is 9.97 Å². The van der Waals surface area contributed by atoms with Crippen LogP contribution in [0.1, 0.15) is 17.0 Å². The van der Waals surface area contributed by atoms with Crippen molar-refractivity contribution in [2.75, 3.05) is 0 Å². The first-order valence-corrected chi connectivity index (χ1v) is 6.01. The lowest BCUT2D eigenvalue weighted by Crippen LogP contribution is -2.05. The van der Waals surface area contributed by atoms with E-state index in [0.29, 0.717) is 11.4 Å². The second-order valence-electron chi connectivity index (χ2n) is 4.12.